The maximum atomic E-state index is 10.9. The van der Waals surface area contributed by atoms with E-state index in [1.165, 1.54) is 0 Å². The molecule has 1 aliphatic carbocycles. The molecule has 0 aliphatic heterocycles. The van der Waals surface area contributed by atoms with E-state index in [1.54, 1.807) is 12.2 Å². The van der Waals surface area contributed by atoms with Crippen molar-refractivity contribution in [3.8, 4) is 0 Å². The molecular weight excluding hydrogens is 152 g/mol. The number of aliphatic hydroxyl groups is 1. The van der Waals surface area contributed by atoms with Crippen LogP contribution in [-0.4, -0.2) is 17.5 Å². The van der Waals surface area contributed by atoms with Crippen LogP contribution in [0, 0.1) is 5.41 Å². The molecular formula is C10H14O2. The van der Waals surface area contributed by atoms with E-state index in [4.69, 9.17) is 5.11 Å². The number of hydrogen-bond donors (Lipinski definition) is 1. The highest BCUT2D eigenvalue weighted by molar-refractivity contribution is 5.90. The van der Waals surface area contributed by atoms with Crippen molar-refractivity contribution in [3.63, 3.8) is 0 Å². The second kappa shape index (κ2) is 3.68. The quantitative estimate of drug-likeness (QED) is 0.644. The minimum atomic E-state index is -0.213. The van der Waals surface area contributed by atoms with E-state index in [0.29, 0.717) is 6.42 Å². The van der Waals surface area contributed by atoms with E-state index in [9.17, 15) is 4.79 Å². The molecule has 0 aromatic rings. The molecule has 1 rings (SSSR count). The summed E-state index contributed by atoms with van der Waals surface area (Å²) in [6.45, 7) is 3.74. The Balaban J connectivity index is 2.74. The second-order valence-corrected chi connectivity index (χ2v) is 3.31. The number of ketones is 1. The summed E-state index contributed by atoms with van der Waals surface area (Å²) in [4.78, 5) is 10.9. The summed E-state index contributed by atoms with van der Waals surface area (Å²) in [5.41, 5.74) is -0.213. The molecule has 2 nitrogen and oxygen atoms in total. The van der Waals surface area contributed by atoms with Crippen LogP contribution in [-0.2, 0) is 4.79 Å². The van der Waals surface area contributed by atoms with Crippen molar-refractivity contribution >= 4 is 5.78 Å². The Morgan fingerprint density at radius 1 is 1.75 bits per heavy atom. The Labute approximate surface area is 72.6 Å². The van der Waals surface area contributed by atoms with Crippen LogP contribution in [0.1, 0.15) is 19.3 Å². The molecule has 0 saturated carbocycles. The van der Waals surface area contributed by atoms with E-state index in [0.717, 1.165) is 12.8 Å². The van der Waals surface area contributed by atoms with Gasteiger partial charge in [0.2, 0.25) is 0 Å². The van der Waals surface area contributed by atoms with E-state index in [2.05, 4.69) is 6.58 Å². The highest BCUT2D eigenvalue weighted by Crippen LogP contribution is 2.32. The molecule has 66 valence electrons. The van der Waals surface area contributed by atoms with Crippen molar-refractivity contribution in [2.24, 2.45) is 5.41 Å². The van der Waals surface area contributed by atoms with E-state index >= 15 is 0 Å². The monoisotopic (exact) mass is 166 g/mol. The molecule has 1 N–H and O–H groups in total. The second-order valence-electron chi connectivity index (χ2n) is 3.31. The highest BCUT2D eigenvalue weighted by atomic mass is 16.3. The number of rotatable bonds is 3. The standard InChI is InChI=1S/C10H14O2/c1-2-5-10(8-11)6-3-9(12)4-7-10/h2-3,6,11H,1,4-5,7-8H2. The van der Waals surface area contributed by atoms with Crippen LogP contribution in [0.2, 0.25) is 0 Å². The maximum Gasteiger partial charge on any atom is 0.155 e. The molecule has 2 heteroatoms. The van der Waals surface area contributed by atoms with Crippen LogP contribution in [0.3, 0.4) is 0 Å². The first-order valence-corrected chi connectivity index (χ1v) is 4.16. The van der Waals surface area contributed by atoms with Crippen LogP contribution in [0.4, 0.5) is 0 Å². The maximum absolute atomic E-state index is 10.9. The zero-order chi connectivity index (χ0) is 9.03. The Morgan fingerprint density at radius 3 is 2.92 bits per heavy atom. The summed E-state index contributed by atoms with van der Waals surface area (Å²) in [7, 11) is 0. The third kappa shape index (κ3) is 1.83. The van der Waals surface area contributed by atoms with Gasteiger partial charge in [-0.15, -0.1) is 6.58 Å². The molecule has 0 saturated heterocycles. The molecule has 0 fully saturated rings. The average molecular weight is 166 g/mol. The van der Waals surface area contributed by atoms with Crippen LogP contribution in [0.25, 0.3) is 0 Å². The van der Waals surface area contributed by atoms with Gasteiger partial charge in [-0.1, -0.05) is 12.2 Å². The third-order valence-corrected chi connectivity index (χ3v) is 2.36. The van der Waals surface area contributed by atoms with Gasteiger partial charge in [-0.2, -0.15) is 0 Å². The van der Waals surface area contributed by atoms with E-state index < -0.39 is 0 Å². The summed E-state index contributed by atoms with van der Waals surface area (Å²) in [5.74, 6) is 0.156. The first-order valence-electron chi connectivity index (χ1n) is 4.16. The van der Waals surface area contributed by atoms with Gasteiger partial charge in [-0.3, -0.25) is 4.79 Å². The molecule has 0 aromatic heterocycles. The molecule has 0 aromatic carbocycles. The lowest BCUT2D eigenvalue weighted by molar-refractivity contribution is -0.115. The van der Waals surface area contributed by atoms with E-state index in [1.807, 2.05) is 6.08 Å². The van der Waals surface area contributed by atoms with Gasteiger partial charge >= 0.3 is 0 Å². The normalized spacial score (nSPS) is 28.9. The zero-order valence-electron chi connectivity index (χ0n) is 7.12. The molecule has 0 heterocycles. The van der Waals surface area contributed by atoms with Crippen LogP contribution < -0.4 is 0 Å². The van der Waals surface area contributed by atoms with Crippen LogP contribution in [0.15, 0.2) is 24.8 Å². The first-order chi connectivity index (χ1) is 5.72. The first kappa shape index (κ1) is 9.20. The molecule has 0 bridgehead atoms. The Morgan fingerprint density at radius 2 is 2.50 bits per heavy atom. The lowest BCUT2D eigenvalue weighted by Gasteiger charge is -2.29. The molecule has 0 spiro atoms. The molecule has 1 unspecified atom stereocenters. The minimum absolute atomic E-state index is 0.100. The topological polar surface area (TPSA) is 37.3 Å². The van der Waals surface area contributed by atoms with Gasteiger partial charge in [0.15, 0.2) is 5.78 Å². The lowest BCUT2D eigenvalue weighted by atomic mass is 9.77. The number of carbonyl (C=O) groups is 1. The summed E-state index contributed by atoms with van der Waals surface area (Å²) in [6.07, 6.45) is 7.21. The highest BCUT2D eigenvalue weighted by Gasteiger charge is 2.28. The Bertz CT molecular complexity index is 218. The van der Waals surface area contributed by atoms with Crippen molar-refractivity contribution in [1.82, 2.24) is 0 Å². The Hall–Kier alpha value is -0.890. The summed E-state index contributed by atoms with van der Waals surface area (Å²) >= 11 is 0. The average Bonchev–Trinajstić information content (AvgIpc) is 2.10. The van der Waals surface area contributed by atoms with Gasteiger partial charge < -0.3 is 5.11 Å². The zero-order valence-corrected chi connectivity index (χ0v) is 7.12. The number of aliphatic hydroxyl groups excluding tert-OH is 1. The van der Waals surface area contributed by atoms with Gasteiger partial charge in [0.25, 0.3) is 0 Å². The van der Waals surface area contributed by atoms with Crippen molar-refractivity contribution in [1.29, 1.82) is 0 Å². The van der Waals surface area contributed by atoms with Gasteiger partial charge in [-0.25, -0.2) is 0 Å². The molecule has 0 radical (unpaired) electrons. The Kier molecular flexibility index (Phi) is 2.82. The lowest BCUT2D eigenvalue weighted by Crippen LogP contribution is -2.26. The smallest absolute Gasteiger partial charge is 0.155 e. The van der Waals surface area contributed by atoms with E-state index in [-0.39, 0.29) is 17.8 Å². The fourth-order valence-electron chi connectivity index (χ4n) is 1.46. The van der Waals surface area contributed by atoms with Gasteiger partial charge in [-0.05, 0) is 18.9 Å². The summed E-state index contributed by atoms with van der Waals surface area (Å²) in [6, 6.07) is 0. The predicted octanol–water partition coefficient (Wildman–Crippen LogP) is 1.46. The van der Waals surface area contributed by atoms with Crippen molar-refractivity contribution in [2.45, 2.75) is 19.3 Å². The molecule has 12 heavy (non-hydrogen) atoms. The van der Waals surface area contributed by atoms with Crippen molar-refractivity contribution in [3.05, 3.63) is 24.8 Å². The van der Waals surface area contributed by atoms with Crippen LogP contribution >= 0.6 is 0 Å². The molecule has 1 atom stereocenters. The number of allylic oxidation sites excluding steroid dienone is 2. The van der Waals surface area contributed by atoms with Gasteiger partial charge in [0, 0.05) is 11.8 Å². The SMILES string of the molecule is C=CCC1(CO)C=CC(=O)CC1. The summed E-state index contributed by atoms with van der Waals surface area (Å²) in [5, 5.41) is 9.15. The van der Waals surface area contributed by atoms with Crippen molar-refractivity contribution < 1.29 is 9.90 Å². The third-order valence-electron chi connectivity index (χ3n) is 2.36. The van der Waals surface area contributed by atoms with Gasteiger partial charge in [0.05, 0.1) is 6.61 Å². The largest absolute Gasteiger partial charge is 0.395 e. The van der Waals surface area contributed by atoms with Crippen molar-refractivity contribution in [2.75, 3.05) is 6.61 Å². The number of carbonyl (C=O) groups excluding carboxylic acids is 1. The number of hydrogen-bond acceptors (Lipinski definition) is 2. The molecule has 0 amide bonds. The molecule has 1 aliphatic rings. The minimum Gasteiger partial charge on any atom is -0.395 e. The summed E-state index contributed by atoms with van der Waals surface area (Å²) < 4.78 is 0. The predicted molar refractivity (Wildman–Crippen MR) is 47.7 cm³/mol. The van der Waals surface area contributed by atoms with Crippen LogP contribution in [0.5, 0.6) is 0 Å². The van der Waals surface area contributed by atoms with Gasteiger partial charge in [0.1, 0.15) is 0 Å². The fraction of sp³-hybridized carbons (Fsp3) is 0.500. The fourth-order valence-corrected chi connectivity index (χ4v) is 1.46.